The zero-order valence-electron chi connectivity index (χ0n) is 15.4. The van der Waals surface area contributed by atoms with E-state index in [1.54, 1.807) is 0 Å². The van der Waals surface area contributed by atoms with Crippen molar-refractivity contribution >= 4 is 33.2 Å². The normalized spacial score (nSPS) is 17.1. The third-order valence-electron chi connectivity index (χ3n) is 5.16. The van der Waals surface area contributed by atoms with Crippen LogP contribution in [-0.2, 0) is 27.7 Å². The number of aryl methyl sites for hydroxylation is 2. The Bertz CT molecular complexity index is 1050. The number of carbonyl (C=O) groups is 1. The summed E-state index contributed by atoms with van der Waals surface area (Å²) >= 11 is 6.19. The van der Waals surface area contributed by atoms with Crippen LogP contribution < -0.4 is 14.8 Å². The van der Waals surface area contributed by atoms with E-state index in [0.717, 1.165) is 24.8 Å². The third kappa shape index (κ3) is 3.74. The second-order valence-electron chi connectivity index (χ2n) is 7.19. The number of halogens is 1. The van der Waals surface area contributed by atoms with Gasteiger partial charge in [-0.15, -0.1) is 0 Å². The summed E-state index contributed by atoms with van der Waals surface area (Å²) in [6, 6.07) is 8.49. The summed E-state index contributed by atoms with van der Waals surface area (Å²) in [6.45, 7) is 1.65. The second-order valence-corrected chi connectivity index (χ2v) is 9.28. The Kier molecular flexibility index (Phi) is 5.07. The maximum Gasteiger partial charge on any atom is 0.262 e. The highest BCUT2D eigenvalue weighted by Gasteiger charge is 2.26. The van der Waals surface area contributed by atoms with E-state index in [4.69, 9.17) is 16.3 Å². The van der Waals surface area contributed by atoms with E-state index < -0.39 is 16.1 Å². The van der Waals surface area contributed by atoms with Gasteiger partial charge in [0, 0.05) is 12.1 Å². The zero-order chi connectivity index (χ0) is 19.9. The quantitative estimate of drug-likeness (QED) is 0.791. The summed E-state index contributed by atoms with van der Waals surface area (Å²) in [5.74, 6) is -0.0239. The van der Waals surface area contributed by atoms with E-state index >= 15 is 0 Å². The Balaban J connectivity index is 1.60. The molecule has 0 saturated heterocycles. The van der Waals surface area contributed by atoms with E-state index in [-0.39, 0.29) is 28.2 Å². The van der Waals surface area contributed by atoms with Gasteiger partial charge in [-0.05, 0) is 55.4 Å². The Morgan fingerprint density at radius 3 is 2.68 bits per heavy atom. The van der Waals surface area contributed by atoms with E-state index in [9.17, 15) is 13.2 Å². The lowest BCUT2D eigenvalue weighted by Gasteiger charge is -2.22. The fraction of sp³-hybridized carbons (Fsp3) is 0.350. The molecule has 0 saturated carbocycles. The molecule has 28 heavy (non-hydrogen) atoms. The van der Waals surface area contributed by atoms with Crippen LogP contribution >= 0.6 is 11.6 Å². The topological polar surface area (TPSA) is 84.5 Å². The number of benzene rings is 2. The molecule has 1 aliphatic carbocycles. The number of nitrogens with one attached hydrogen (secondary N) is 2. The fourth-order valence-corrected chi connectivity index (χ4v) is 5.45. The van der Waals surface area contributed by atoms with Gasteiger partial charge < -0.3 is 10.1 Å². The molecule has 0 radical (unpaired) electrons. The molecule has 0 aromatic heterocycles. The van der Waals surface area contributed by atoms with Crippen LogP contribution in [0.5, 0.6) is 5.75 Å². The van der Waals surface area contributed by atoms with Crippen molar-refractivity contribution in [1.29, 1.82) is 0 Å². The Hall–Kier alpha value is -2.09. The first-order valence-electron chi connectivity index (χ1n) is 9.24. The summed E-state index contributed by atoms with van der Waals surface area (Å²) in [4.78, 5) is 11.3. The van der Waals surface area contributed by atoms with Gasteiger partial charge in [0.2, 0.25) is 10.0 Å². The SMILES string of the molecule is CC(NS(=O)(=O)c1cc2c(cc1Cl)NC(=O)CO2)c1ccc2c(c1)CCCC2. The van der Waals surface area contributed by atoms with E-state index in [0.29, 0.717) is 5.69 Å². The molecule has 2 aromatic rings. The molecule has 2 N–H and O–H groups in total. The number of rotatable bonds is 4. The molecule has 1 atom stereocenters. The standard InChI is InChI=1S/C20H21ClN2O4S/c1-12(14-7-6-13-4-2-3-5-15(13)8-14)23-28(25,26)19-10-18-17(9-16(19)21)22-20(24)11-27-18/h6-10,12,23H,2-5,11H2,1H3,(H,22,24). The Morgan fingerprint density at radius 2 is 1.89 bits per heavy atom. The van der Waals surface area contributed by atoms with Crippen molar-refractivity contribution in [2.45, 2.75) is 43.5 Å². The summed E-state index contributed by atoms with van der Waals surface area (Å²) in [6.07, 6.45) is 4.48. The molecule has 1 aliphatic heterocycles. The van der Waals surface area contributed by atoms with Crippen molar-refractivity contribution in [1.82, 2.24) is 4.72 Å². The van der Waals surface area contributed by atoms with Crippen LogP contribution in [0.25, 0.3) is 0 Å². The van der Waals surface area contributed by atoms with E-state index in [2.05, 4.69) is 22.2 Å². The average Bonchev–Trinajstić information content (AvgIpc) is 2.66. The maximum absolute atomic E-state index is 12.9. The third-order valence-corrected chi connectivity index (χ3v) is 7.17. The zero-order valence-corrected chi connectivity index (χ0v) is 17.0. The number of fused-ring (bicyclic) bond motifs is 2. The van der Waals surface area contributed by atoms with Gasteiger partial charge in [-0.2, -0.15) is 0 Å². The van der Waals surface area contributed by atoms with Crippen LogP contribution in [0.3, 0.4) is 0 Å². The summed E-state index contributed by atoms with van der Waals surface area (Å²) in [5, 5.41) is 2.63. The first kappa shape index (κ1) is 19.2. The lowest BCUT2D eigenvalue weighted by Crippen LogP contribution is -2.29. The monoisotopic (exact) mass is 420 g/mol. The highest BCUT2D eigenvalue weighted by atomic mass is 35.5. The van der Waals surface area contributed by atoms with Gasteiger partial charge in [0.15, 0.2) is 6.61 Å². The lowest BCUT2D eigenvalue weighted by atomic mass is 9.89. The van der Waals surface area contributed by atoms with Crippen LogP contribution in [0.2, 0.25) is 5.02 Å². The van der Waals surface area contributed by atoms with E-state index in [1.165, 1.54) is 29.7 Å². The number of amides is 1. The number of ether oxygens (including phenoxy) is 1. The Labute approximate surface area is 169 Å². The van der Waals surface area contributed by atoms with Gasteiger partial charge in [0.05, 0.1) is 10.7 Å². The molecule has 2 aliphatic rings. The van der Waals surface area contributed by atoms with Crippen LogP contribution in [0.15, 0.2) is 35.2 Å². The van der Waals surface area contributed by atoms with Crippen LogP contribution in [0, 0.1) is 0 Å². The van der Waals surface area contributed by atoms with Gasteiger partial charge >= 0.3 is 0 Å². The largest absolute Gasteiger partial charge is 0.482 e. The number of hydrogen-bond acceptors (Lipinski definition) is 4. The summed E-state index contributed by atoms with van der Waals surface area (Å²) in [7, 11) is -3.88. The minimum atomic E-state index is -3.88. The van der Waals surface area contributed by atoms with Gasteiger partial charge in [-0.3, -0.25) is 4.79 Å². The predicted octanol–water partition coefficient (Wildman–Crippen LogP) is 3.59. The van der Waals surface area contributed by atoms with Crippen molar-refractivity contribution in [2.24, 2.45) is 0 Å². The smallest absolute Gasteiger partial charge is 0.262 e. The maximum atomic E-state index is 12.9. The minimum Gasteiger partial charge on any atom is -0.482 e. The molecule has 4 rings (SSSR count). The Morgan fingerprint density at radius 1 is 1.14 bits per heavy atom. The number of hydrogen-bond donors (Lipinski definition) is 2. The van der Waals surface area contributed by atoms with Crippen LogP contribution in [0.4, 0.5) is 5.69 Å². The number of sulfonamides is 1. The number of anilines is 1. The molecule has 6 nitrogen and oxygen atoms in total. The van der Waals surface area contributed by atoms with Crippen LogP contribution in [0.1, 0.15) is 42.5 Å². The average molecular weight is 421 g/mol. The molecule has 1 unspecified atom stereocenters. The van der Waals surface area contributed by atoms with Crippen LogP contribution in [-0.4, -0.2) is 20.9 Å². The number of carbonyl (C=O) groups excluding carboxylic acids is 1. The van der Waals surface area contributed by atoms with E-state index in [1.807, 2.05) is 13.0 Å². The van der Waals surface area contributed by atoms with Crippen molar-refractivity contribution in [2.75, 3.05) is 11.9 Å². The molecular formula is C20H21ClN2O4S. The highest BCUT2D eigenvalue weighted by molar-refractivity contribution is 7.89. The predicted molar refractivity (Wildman–Crippen MR) is 107 cm³/mol. The lowest BCUT2D eigenvalue weighted by molar-refractivity contribution is -0.118. The summed E-state index contributed by atoms with van der Waals surface area (Å²) in [5.41, 5.74) is 3.93. The molecule has 148 valence electrons. The molecule has 0 fully saturated rings. The second kappa shape index (κ2) is 7.39. The molecule has 0 bridgehead atoms. The van der Waals surface area contributed by atoms with Gasteiger partial charge in [0.25, 0.3) is 5.91 Å². The fourth-order valence-electron chi connectivity index (χ4n) is 3.67. The molecule has 1 heterocycles. The highest BCUT2D eigenvalue weighted by Crippen LogP contribution is 2.36. The van der Waals surface area contributed by atoms with Gasteiger partial charge in [0.1, 0.15) is 10.6 Å². The van der Waals surface area contributed by atoms with Gasteiger partial charge in [-0.1, -0.05) is 29.8 Å². The molecule has 0 spiro atoms. The van der Waals surface area contributed by atoms with Crippen molar-refractivity contribution in [3.63, 3.8) is 0 Å². The molecule has 1 amide bonds. The van der Waals surface area contributed by atoms with Gasteiger partial charge in [-0.25, -0.2) is 13.1 Å². The van der Waals surface area contributed by atoms with Crippen molar-refractivity contribution < 1.29 is 17.9 Å². The first-order chi connectivity index (χ1) is 13.3. The van der Waals surface area contributed by atoms with Crippen molar-refractivity contribution in [3.8, 4) is 5.75 Å². The molecular weight excluding hydrogens is 400 g/mol. The molecule has 8 heteroatoms. The van der Waals surface area contributed by atoms with Crippen molar-refractivity contribution in [3.05, 3.63) is 52.0 Å². The summed E-state index contributed by atoms with van der Waals surface area (Å²) < 4.78 is 33.9. The minimum absolute atomic E-state index is 0.0229. The first-order valence-corrected chi connectivity index (χ1v) is 11.1. The molecule has 2 aromatic carbocycles.